The molecule has 0 radical (unpaired) electrons. The van der Waals surface area contributed by atoms with E-state index in [1.807, 2.05) is 11.4 Å². The lowest BCUT2D eigenvalue weighted by Crippen LogP contribution is -2.41. The molecular weight excluding hydrogens is 472 g/mol. The highest BCUT2D eigenvalue weighted by atomic mass is 35.5. The van der Waals surface area contributed by atoms with Crippen molar-refractivity contribution in [2.75, 3.05) is 6.54 Å². The summed E-state index contributed by atoms with van der Waals surface area (Å²) < 4.78 is 15.0. The van der Waals surface area contributed by atoms with E-state index < -0.39 is 23.7 Å². The number of hydrogen-bond acceptors (Lipinski definition) is 3. The monoisotopic (exact) mass is 483 g/mol. The van der Waals surface area contributed by atoms with Crippen LogP contribution in [0.1, 0.15) is 42.8 Å². The second-order valence-electron chi connectivity index (χ2n) is 6.72. The molecule has 9 heteroatoms. The van der Waals surface area contributed by atoms with E-state index >= 15 is 0 Å². The number of benzene rings is 2. The van der Waals surface area contributed by atoms with Gasteiger partial charge in [0.1, 0.15) is 5.82 Å². The highest BCUT2D eigenvalue weighted by Crippen LogP contribution is 2.41. The summed E-state index contributed by atoms with van der Waals surface area (Å²) in [5, 5.41) is 11.5. The van der Waals surface area contributed by atoms with Crippen LogP contribution in [-0.2, 0) is 6.42 Å². The van der Waals surface area contributed by atoms with Crippen LogP contribution in [-0.4, -0.2) is 28.4 Å². The summed E-state index contributed by atoms with van der Waals surface area (Å²) in [6.07, 6.45) is 0.562. The lowest BCUT2D eigenvalue weighted by molar-refractivity contribution is 0.0653. The summed E-state index contributed by atoms with van der Waals surface area (Å²) in [6, 6.07) is 8.22. The van der Waals surface area contributed by atoms with E-state index in [-0.39, 0.29) is 38.3 Å². The lowest BCUT2D eigenvalue weighted by Gasteiger charge is -2.36. The number of aromatic carboxylic acids is 1. The van der Waals surface area contributed by atoms with E-state index in [0.717, 1.165) is 16.5 Å². The summed E-state index contributed by atoms with van der Waals surface area (Å²) in [7, 11) is 0. The topological polar surface area (TPSA) is 57.6 Å². The molecule has 1 aliphatic heterocycles. The first-order valence-corrected chi connectivity index (χ1v) is 10.8. The molecule has 0 aliphatic carbocycles. The standard InChI is InChI=1S/C21H13Cl3FNO3S/c22-14-3-1-2-11(17(14)25)18-19-10(5-7-30-19)4-6-26(18)20(27)12-8-15(23)16(24)9-13(12)21(28)29/h1-3,5,7-9,18H,4,6H2,(H,28,29). The second kappa shape index (κ2) is 8.19. The maximum atomic E-state index is 15.0. The van der Waals surface area contributed by atoms with Gasteiger partial charge >= 0.3 is 5.97 Å². The first kappa shape index (κ1) is 21.1. The summed E-state index contributed by atoms with van der Waals surface area (Å²) >= 11 is 19.4. The molecule has 1 amide bonds. The van der Waals surface area contributed by atoms with Gasteiger partial charge in [-0.3, -0.25) is 4.79 Å². The number of nitrogens with zero attached hydrogens (tertiary/aromatic N) is 1. The quantitative estimate of drug-likeness (QED) is 0.472. The minimum atomic E-state index is -1.31. The van der Waals surface area contributed by atoms with Crippen molar-refractivity contribution in [1.82, 2.24) is 4.90 Å². The van der Waals surface area contributed by atoms with Crippen LogP contribution < -0.4 is 0 Å². The number of amides is 1. The Bertz CT molecular complexity index is 1180. The van der Waals surface area contributed by atoms with Gasteiger partial charge in [-0.25, -0.2) is 9.18 Å². The Kier molecular flexibility index (Phi) is 5.77. The van der Waals surface area contributed by atoms with Gasteiger partial charge in [-0.05, 0) is 41.6 Å². The Morgan fingerprint density at radius 2 is 1.77 bits per heavy atom. The predicted molar refractivity (Wildman–Crippen MR) is 116 cm³/mol. The predicted octanol–water partition coefficient (Wildman–Crippen LogP) is 6.33. The number of halogens is 4. The van der Waals surface area contributed by atoms with Gasteiger partial charge in [0.05, 0.1) is 32.2 Å². The number of thiophene rings is 1. The van der Waals surface area contributed by atoms with E-state index in [0.29, 0.717) is 6.42 Å². The molecule has 4 nitrogen and oxygen atoms in total. The van der Waals surface area contributed by atoms with E-state index in [9.17, 15) is 19.1 Å². The molecule has 1 aromatic heterocycles. The van der Waals surface area contributed by atoms with Gasteiger partial charge in [0.25, 0.3) is 5.91 Å². The van der Waals surface area contributed by atoms with Gasteiger partial charge in [-0.2, -0.15) is 0 Å². The number of carboxylic acids is 1. The van der Waals surface area contributed by atoms with Crippen LogP contribution in [0.15, 0.2) is 41.8 Å². The van der Waals surface area contributed by atoms with E-state index in [2.05, 4.69) is 0 Å². The third kappa shape index (κ3) is 3.58. The van der Waals surface area contributed by atoms with Gasteiger partial charge < -0.3 is 10.0 Å². The summed E-state index contributed by atoms with van der Waals surface area (Å²) in [4.78, 5) is 27.5. The van der Waals surface area contributed by atoms with Gasteiger partial charge in [-0.1, -0.05) is 46.9 Å². The zero-order chi connectivity index (χ0) is 21.6. The number of carbonyl (C=O) groups is 2. The molecule has 1 aliphatic rings. The normalized spacial score (nSPS) is 15.7. The van der Waals surface area contributed by atoms with Crippen molar-refractivity contribution < 1.29 is 19.1 Å². The molecule has 0 spiro atoms. The van der Waals surface area contributed by atoms with Gasteiger partial charge in [0.15, 0.2) is 0 Å². The third-order valence-electron chi connectivity index (χ3n) is 5.02. The van der Waals surface area contributed by atoms with Crippen LogP contribution in [0.2, 0.25) is 15.1 Å². The van der Waals surface area contributed by atoms with Crippen molar-refractivity contribution in [3.05, 3.63) is 89.8 Å². The Morgan fingerprint density at radius 3 is 2.47 bits per heavy atom. The number of hydrogen-bond donors (Lipinski definition) is 1. The van der Waals surface area contributed by atoms with E-state index in [1.54, 1.807) is 12.1 Å². The minimum absolute atomic E-state index is 0.0299. The fourth-order valence-corrected chi connectivity index (χ4v) is 5.21. The number of fused-ring (bicyclic) bond motifs is 1. The SMILES string of the molecule is O=C(O)c1cc(Cl)c(Cl)cc1C(=O)N1CCc2ccsc2C1c1cccc(Cl)c1F. The van der Waals surface area contributed by atoms with Crippen LogP contribution in [0, 0.1) is 5.82 Å². The summed E-state index contributed by atoms with van der Waals surface area (Å²) in [5.74, 6) is -2.50. The molecule has 154 valence electrons. The second-order valence-corrected chi connectivity index (χ2v) is 8.89. The Balaban J connectivity index is 1.88. The van der Waals surface area contributed by atoms with Crippen molar-refractivity contribution in [2.24, 2.45) is 0 Å². The van der Waals surface area contributed by atoms with Gasteiger partial charge in [-0.15, -0.1) is 11.3 Å². The number of carbonyl (C=O) groups excluding carboxylic acids is 1. The summed E-state index contributed by atoms with van der Waals surface area (Å²) in [5.41, 5.74) is 0.887. The zero-order valence-corrected chi connectivity index (χ0v) is 18.2. The molecule has 2 aromatic carbocycles. The molecule has 0 saturated heterocycles. The van der Waals surface area contributed by atoms with Gasteiger partial charge in [0, 0.05) is 17.0 Å². The number of rotatable bonds is 3. The maximum Gasteiger partial charge on any atom is 0.336 e. The van der Waals surface area contributed by atoms with Crippen molar-refractivity contribution >= 4 is 58.0 Å². The minimum Gasteiger partial charge on any atom is -0.478 e. The Labute approximate surface area is 190 Å². The van der Waals surface area contributed by atoms with Crippen molar-refractivity contribution in [3.8, 4) is 0 Å². The van der Waals surface area contributed by atoms with Crippen LogP contribution in [0.25, 0.3) is 0 Å². The average molecular weight is 485 g/mol. The molecule has 0 fully saturated rings. The average Bonchev–Trinajstić information content (AvgIpc) is 3.19. The lowest BCUT2D eigenvalue weighted by atomic mass is 9.93. The first-order chi connectivity index (χ1) is 14.3. The van der Waals surface area contributed by atoms with Crippen LogP contribution >= 0.6 is 46.1 Å². The molecule has 2 heterocycles. The smallest absolute Gasteiger partial charge is 0.336 e. The highest BCUT2D eigenvalue weighted by molar-refractivity contribution is 7.10. The fourth-order valence-electron chi connectivity index (χ4n) is 3.62. The van der Waals surface area contributed by atoms with Crippen LogP contribution in [0.5, 0.6) is 0 Å². The Hall–Kier alpha value is -2.12. The molecule has 0 bridgehead atoms. The molecule has 1 N–H and O–H groups in total. The van der Waals surface area contributed by atoms with Crippen molar-refractivity contribution in [3.63, 3.8) is 0 Å². The molecule has 1 unspecified atom stereocenters. The fraction of sp³-hybridized carbons (Fsp3) is 0.143. The third-order valence-corrected chi connectivity index (χ3v) is 7.05. The van der Waals surface area contributed by atoms with Crippen LogP contribution in [0.3, 0.4) is 0 Å². The molecule has 4 rings (SSSR count). The zero-order valence-electron chi connectivity index (χ0n) is 15.2. The van der Waals surface area contributed by atoms with E-state index in [1.165, 1.54) is 28.4 Å². The maximum absolute atomic E-state index is 15.0. The van der Waals surface area contributed by atoms with Gasteiger partial charge in [0.2, 0.25) is 0 Å². The molecule has 3 aromatic rings. The largest absolute Gasteiger partial charge is 0.478 e. The number of carboxylic acid groups (broad SMARTS) is 1. The Morgan fingerprint density at radius 1 is 1.07 bits per heavy atom. The van der Waals surface area contributed by atoms with Crippen molar-refractivity contribution in [1.29, 1.82) is 0 Å². The molecule has 0 saturated carbocycles. The van der Waals surface area contributed by atoms with Crippen molar-refractivity contribution in [2.45, 2.75) is 12.5 Å². The summed E-state index contributed by atoms with van der Waals surface area (Å²) in [6.45, 7) is 0.276. The highest BCUT2D eigenvalue weighted by Gasteiger charge is 2.37. The molecular formula is C21H13Cl3FNO3S. The first-order valence-electron chi connectivity index (χ1n) is 8.83. The van der Waals surface area contributed by atoms with E-state index in [4.69, 9.17) is 34.8 Å². The van der Waals surface area contributed by atoms with Crippen LogP contribution in [0.4, 0.5) is 4.39 Å². The molecule has 30 heavy (non-hydrogen) atoms. The molecule has 1 atom stereocenters.